The maximum Gasteiger partial charge on any atom is 0.347 e. The van der Waals surface area contributed by atoms with Gasteiger partial charge in [-0.05, 0) is 41.2 Å². The molecule has 6 aromatic rings. The van der Waals surface area contributed by atoms with Crippen LogP contribution in [0.3, 0.4) is 0 Å². The number of methoxy groups -OCH3 is 2. The van der Waals surface area contributed by atoms with Gasteiger partial charge in [0.2, 0.25) is 0 Å². The summed E-state index contributed by atoms with van der Waals surface area (Å²) >= 11 is 0. The van der Waals surface area contributed by atoms with Crippen molar-refractivity contribution in [2.45, 2.75) is 49.7 Å². The molecule has 0 spiro atoms. The first-order valence-corrected chi connectivity index (χ1v) is 20.1. The predicted octanol–water partition coefficient (Wildman–Crippen LogP) is 5.21. The van der Waals surface area contributed by atoms with Crippen LogP contribution in [0.1, 0.15) is 46.3 Å². The molecule has 9 rings (SSSR count). The van der Waals surface area contributed by atoms with Crippen molar-refractivity contribution in [3.63, 3.8) is 0 Å². The second-order valence-corrected chi connectivity index (χ2v) is 15.7. The van der Waals surface area contributed by atoms with Crippen molar-refractivity contribution in [3.05, 3.63) is 181 Å². The number of aryl methyl sites for hydroxylation is 2. The minimum absolute atomic E-state index is 0.0144. The zero-order valence-corrected chi connectivity index (χ0v) is 33.9. The minimum Gasteiger partial charge on any atom is -0.507 e. The topological polar surface area (TPSA) is 157 Å². The number of hydrogen-bond acceptors (Lipinski definition) is 9. The highest BCUT2D eigenvalue weighted by Crippen LogP contribution is 2.62. The van der Waals surface area contributed by atoms with Crippen molar-refractivity contribution in [1.29, 1.82) is 0 Å². The maximum atomic E-state index is 15.3. The molecule has 0 amide bonds. The Morgan fingerprint density at radius 3 is 2.31 bits per heavy atom. The molecule has 2 aromatic heterocycles. The first-order chi connectivity index (χ1) is 29.5. The molecule has 13 nitrogen and oxygen atoms in total. The third-order valence-electron chi connectivity index (χ3n) is 12.8. The Hall–Kier alpha value is -7.28. The summed E-state index contributed by atoms with van der Waals surface area (Å²) < 4.78 is 16.2. The van der Waals surface area contributed by atoms with E-state index in [0.29, 0.717) is 56.8 Å². The van der Waals surface area contributed by atoms with E-state index in [4.69, 9.17) is 9.47 Å². The van der Waals surface area contributed by atoms with Gasteiger partial charge in [-0.3, -0.25) is 14.4 Å². The lowest BCUT2D eigenvalue weighted by Gasteiger charge is -2.54. The molecule has 13 heteroatoms. The van der Waals surface area contributed by atoms with E-state index in [9.17, 15) is 19.5 Å². The molecule has 1 aliphatic heterocycles. The number of aromatic hydroxyl groups is 1. The summed E-state index contributed by atoms with van der Waals surface area (Å²) in [7, 11) is 4.62. The van der Waals surface area contributed by atoms with Gasteiger partial charge in [-0.2, -0.15) is 0 Å². The van der Waals surface area contributed by atoms with Crippen LogP contribution in [-0.4, -0.2) is 54.4 Å². The van der Waals surface area contributed by atoms with E-state index < -0.39 is 40.2 Å². The van der Waals surface area contributed by atoms with Gasteiger partial charge < -0.3 is 19.1 Å². The zero-order chi connectivity index (χ0) is 42.7. The fourth-order valence-corrected chi connectivity index (χ4v) is 9.97. The van der Waals surface area contributed by atoms with Gasteiger partial charge in [0, 0.05) is 55.1 Å². The highest BCUT2D eigenvalue weighted by atomic mass is 16.5. The van der Waals surface area contributed by atoms with Crippen LogP contribution in [-0.2, 0) is 48.0 Å². The molecule has 61 heavy (non-hydrogen) atoms. The lowest BCUT2D eigenvalue weighted by atomic mass is 9.47. The van der Waals surface area contributed by atoms with Crippen molar-refractivity contribution in [2.24, 2.45) is 13.0 Å². The van der Waals surface area contributed by atoms with Crippen molar-refractivity contribution >= 4 is 28.2 Å². The number of ketones is 2. The summed E-state index contributed by atoms with van der Waals surface area (Å²) in [5, 5.41) is 12.1. The van der Waals surface area contributed by atoms with Gasteiger partial charge >= 0.3 is 11.4 Å². The van der Waals surface area contributed by atoms with E-state index >= 15 is 9.59 Å². The number of Topliss-reactive ketones (excluding diaryl/α,β-unsaturated/α-hetero) is 1. The summed E-state index contributed by atoms with van der Waals surface area (Å²) in [5.41, 5.74) is 1.10. The average molecular weight is 818 g/mol. The fourth-order valence-electron chi connectivity index (χ4n) is 9.97. The lowest BCUT2D eigenvalue weighted by molar-refractivity contribution is -0.133. The first-order valence-electron chi connectivity index (χ1n) is 20.1. The molecule has 2 aliphatic carbocycles. The Labute approximate surface area is 349 Å². The number of benzene rings is 4. The summed E-state index contributed by atoms with van der Waals surface area (Å²) in [4.78, 5) is 77.8. The molecule has 1 fully saturated rings. The van der Waals surface area contributed by atoms with Crippen molar-refractivity contribution in [1.82, 2.24) is 23.5 Å². The number of nitrogens with zero attached hydrogens (tertiary/aromatic N) is 5. The Kier molecular flexibility index (Phi) is 9.69. The third kappa shape index (κ3) is 5.89. The van der Waals surface area contributed by atoms with Crippen LogP contribution in [0, 0.1) is 5.92 Å². The molecular formula is C48H43N5O8. The summed E-state index contributed by atoms with van der Waals surface area (Å²) in [6.07, 6.45) is 5.31. The Bertz CT molecular complexity index is 3050. The van der Waals surface area contributed by atoms with E-state index in [0.717, 1.165) is 4.57 Å². The van der Waals surface area contributed by atoms with Gasteiger partial charge in [0.15, 0.2) is 23.1 Å². The Balaban J connectivity index is 1.20. The number of rotatable bonds is 10. The molecular weight excluding hydrogens is 775 g/mol. The van der Waals surface area contributed by atoms with Crippen LogP contribution >= 0.6 is 0 Å². The predicted molar refractivity (Wildman–Crippen MR) is 229 cm³/mol. The number of hydrogen-bond donors (Lipinski definition) is 1. The van der Waals surface area contributed by atoms with E-state index in [2.05, 4.69) is 11.6 Å². The molecule has 308 valence electrons. The SMILES string of the molecule is C=CCc1cccc(C2C3=CCn4c(=O)n(CCc5nc6cc(OC)c(OC)cc6n(C)c5=O)c(=O)n4C3CC3C(=O)C(c4ccccc4)=CC(=O)C32c2ccccc2)c1O. The van der Waals surface area contributed by atoms with E-state index in [1.807, 2.05) is 48.5 Å². The second-order valence-electron chi connectivity index (χ2n) is 15.7. The smallest absolute Gasteiger partial charge is 0.347 e. The van der Waals surface area contributed by atoms with Crippen LogP contribution < -0.4 is 26.4 Å². The molecule has 1 N–H and O–H groups in total. The number of para-hydroxylation sites is 1. The molecule has 4 unspecified atom stereocenters. The molecule has 3 heterocycles. The summed E-state index contributed by atoms with van der Waals surface area (Å²) in [5.74, 6) is -1.69. The Morgan fingerprint density at radius 2 is 1.61 bits per heavy atom. The normalized spacial score (nSPS) is 20.6. The van der Waals surface area contributed by atoms with Gasteiger partial charge in [0.1, 0.15) is 11.4 Å². The molecule has 3 aliphatic rings. The van der Waals surface area contributed by atoms with Crippen LogP contribution in [0.2, 0.25) is 0 Å². The fraction of sp³-hybridized carbons (Fsp3) is 0.250. The molecule has 0 saturated heterocycles. The maximum absolute atomic E-state index is 15.3. The van der Waals surface area contributed by atoms with Crippen LogP contribution in [0.4, 0.5) is 0 Å². The van der Waals surface area contributed by atoms with Gasteiger partial charge in [0.25, 0.3) is 5.56 Å². The number of fused-ring (bicyclic) bond motifs is 5. The zero-order valence-electron chi connectivity index (χ0n) is 33.9. The van der Waals surface area contributed by atoms with Gasteiger partial charge in [-0.15, -0.1) is 6.58 Å². The summed E-state index contributed by atoms with van der Waals surface area (Å²) in [6, 6.07) is 26.1. The number of carbonyl (C=O) groups excluding carboxylic acids is 2. The number of ether oxygens (including phenoxy) is 2. The lowest BCUT2D eigenvalue weighted by Crippen LogP contribution is -2.58. The van der Waals surface area contributed by atoms with Crippen LogP contribution in [0.5, 0.6) is 17.2 Å². The number of aromatic nitrogens is 5. The van der Waals surface area contributed by atoms with E-state index in [-0.39, 0.29) is 54.5 Å². The second kappa shape index (κ2) is 15.1. The van der Waals surface area contributed by atoms with Crippen LogP contribution in [0.15, 0.2) is 136 Å². The van der Waals surface area contributed by atoms with Crippen molar-refractivity contribution < 1.29 is 24.2 Å². The summed E-state index contributed by atoms with van der Waals surface area (Å²) in [6.45, 7) is 3.70. The highest BCUT2D eigenvalue weighted by molar-refractivity contribution is 6.31. The van der Waals surface area contributed by atoms with E-state index in [1.165, 1.54) is 34.2 Å². The molecule has 4 atom stereocenters. The number of allylic oxidation sites excluding steroid dienone is 5. The Morgan fingerprint density at radius 1 is 0.902 bits per heavy atom. The van der Waals surface area contributed by atoms with Crippen molar-refractivity contribution in [2.75, 3.05) is 14.2 Å². The van der Waals surface area contributed by atoms with E-state index in [1.54, 1.807) is 61.7 Å². The molecule has 0 bridgehead atoms. The van der Waals surface area contributed by atoms with Gasteiger partial charge in [-0.1, -0.05) is 91.0 Å². The minimum atomic E-state index is -1.52. The van der Waals surface area contributed by atoms with Gasteiger partial charge in [0.05, 0.1) is 43.3 Å². The third-order valence-corrected chi connectivity index (χ3v) is 12.8. The van der Waals surface area contributed by atoms with Crippen molar-refractivity contribution in [3.8, 4) is 17.2 Å². The number of phenolic OH excluding ortho intramolecular Hbond substituents is 1. The largest absolute Gasteiger partial charge is 0.507 e. The molecule has 0 radical (unpaired) electrons. The quantitative estimate of drug-likeness (QED) is 0.184. The monoisotopic (exact) mass is 817 g/mol. The highest BCUT2D eigenvalue weighted by Gasteiger charge is 2.63. The molecule has 4 aromatic carbocycles. The number of phenols is 1. The average Bonchev–Trinajstić information content (AvgIpc) is 3.53. The standard InChI is InChI=1S/C48H43N5O8/c1-5-13-29-16-12-19-32(43(29)55)42-31-20-23-52-46(58)51(22-21-35-45(57)50(2)38-27-40(61-4)39(60-3)26-36(38)49-35)47(59)53(52)37(31)25-34-44(56)33(28-14-8-6-9-15-28)24-41(54)48(34,42)30-17-10-7-11-18-30/h5-12,14-20,24,26-27,34,37,42,55H,1,13,21-23,25H2,2-4H3. The molecule has 1 saturated carbocycles. The first kappa shape index (κ1) is 39.2. The number of carbonyl (C=O) groups is 2. The van der Waals surface area contributed by atoms with Gasteiger partial charge in [-0.25, -0.2) is 28.5 Å². The van der Waals surface area contributed by atoms with Crippen LogP contribution in [0.25, 0.3) is 16.6 Å².